The fourth-order valence-corrected chi connectivity index (χ4v) is 1.35. The summed E-state index contributed by atoms with van der Waals surface area (Å²) in [6, 6.07) is 0. The van der Waals surface area contributed by atoms with Gasteiger partial charge in [-0.25, -0.2) is 0 Å². The summed E-state index contributed by atoms with van der Waals surface area (Å²) in [4.78, 5) is 0. The minimum Gasteiger partial charge on any atom is -0.147 e. The lowest BCUT2D eigenvalue weighted by molar-refractivity contribution is 1.19. The Balaban J connectivity index is 3.45. The van der Waals surface area contributed by atoms with E-state index in [2.05, 4.69) is 27.0 Å². The molecule has 0 rings (SSSR count). The van der Waals surface area contributed by atoms with Crippen LogP contribution >= 0.6 is 11.8 Å². The minimum absolute atomic E-state index is 0.540. The molecule has 0 bridgehead atoms. The van der Waals surface area contributed by atoms with Crippen molar-refractivity contribution in [2.24, 2.45) is 0 Å². The molecule has 0 saturated carbocycles. The standard InChI is InChI=1S/C8H14S/c1-5-7(3)9-8(4)6-2/h5-8H,1-2H2,3-4H3/t7-,8-/m0/s1. The Kier molecular flexibility index (Phi) is 4.60. The van der Waals surface area contributed by atoms with Crippen molar-refractivity contribution in [2.45, 2.75) is 24.3 Å². The molecule has 0 nitrogen and oxygen atoms in total. The van der Waals surface area contributed by atoms with Gasteiger partial charge in [-0.1, -0.05) is 12.2 Å². The molecule has 52 valence electrons. The van der Waals surface area contributed by atoms with Crippen LogP contribution in [0.4, 0.5) is 0 Å². The largest absolute Gasteiger partial charge is 0.147 e. The molecule has 0 unspecified atom stereocenters. The third-order valence-electron chi connectivity index (χ3n) is 1.09. The Labute approximate surface area is 62.0 Å². The van der Waals surface area contributed by atoms with Gasteiger partial charge in [0.05, 0.1) is 0 Å². The maximum absolute atomic E-state index is 3.69. The topological polar surface area (TPSA) is 0 Å². The summed E-state index contributed by atoms with van der Waals surface area (Å²) in [5.41, 5.74) is 0. The Hall–Kier alpha value is -0.170. The lowest BCUT2D eigenvalue weighted by atomic mass is 10.5. The first-order valence-corrected chi connectivity index (χ1v) is 4.05. The summed E-state index contributed by atoms with van der Waals surface area (Å²) in [6.45, 7) is 11.7. The van der Waals surface area contributed by atoms with Gasteiger partial charge in [-0.05, 0) is 13.8 Å². The van der Waals surface area contributed by atoms with Gasteiger partial charge in [0.15, 0.2) is 0 Å². The Morgan fingerprint density at radius 2 is 1.44 bits per heavy atom. The van der Waals surface area contributed by atoms with Gasteiger partial charge in [-0.2, -0.15) is 0 Å². The predicted octanol–water partition coefficient (Wildman–Crippen LogP) is 2.87. The molecule has 0 N–H and O–H groups in total. The van der Waals surface area contributed by atoms with E-state index >= 15 is 0 Å². The van der Waals surface area contributed by atoms with Gasteiger partial charge in [0, 0.05) is 10.5 Å². The first kappa shape index (κ1) is 8.83. The fourth-order valence-electron chi connectivity index (χ4n) is 0.450. The zero-order chi connectivity index (χ0) is 7.28. The van der Waals surface area contributed by atoms with Crippen molar-refractivity contribution in [1.29, 1.82) is 0 Å². The zero-order valence-corrected chi connectivity index (χ0v) is 6.95. The third-order valence-corrected chi connectivity index (χ3v) is 2.34. The van der Waals surface area contributed by atoms with Crippen LogP contribution < -0.4 is 0 Å². The molecule has 2 atom stereocenters. The van der Waals surface area contributed by atoms with Gasteiger partial charge in [0.1, 0.15) is 0 Å². The summed E-state index contributed by atoms with van der Waals surface area (Å²) in [6.07, 6.45) is 3.90. The second kappa shape index (κ2) is 4.68. The summed E-state index contributed by atoms with van der Waals surface area (Å²) in [5, 5.41) is 1.08. The van der Waals surface area contributed by atoms with Crippen molar-refractivity contribution in [3.05, 3.63) is 25.3 Å². The van der Waals surface area contributed by atoms with Crippen LogP contribution in [0.2, 0.25) is 0 Å². The SMILES string of the molecule is C=C[C@H](C)S[C@@H](C)C=C. The second-order valence-corrected chi connectivity index (χ2v) is 3.78. The monoisotopic (exact) mass is 142 g/mol. The van der Waals surface area contributed by atoms with Gasteiger partial charge in [-0.3, -0.25) is 0 Å². The maximum Gasteiger partial charge on any atom is 0.0201 e. The molecule has 0 aromatic carbocycles. The van der Waals surface area contributed by atoms with Crippen molar-refractivity contribution in [1.82, 2.24) is 0 Å². The van der Waals surface area contributed by atoms with E-state index in [0.29, 0.717) is 10.5 Å². The van der Waals surface area contributed by atoms with Crippen molar-refractivity contribution in [3.63, 3.8) is 0 Å². The Morgan fingerprint density at radius 3 is 1.67 bits per heavy atom. The molecule has 0 fully saturated rings. The van der Waals surface area contributed by atoms with Crippen LogP contribution in [0.3, 0.4) is 0 Å². The average molecular weight is 142 g/mol. The molecule has 0 heterocycles. The quantitative estimate of drug-likeness (QED) is 0.544. The minimum atomic E-state index is 0.540. The summed E-state index contributed by atoms with van der Waals surface area (Å²) in [7, 11) is 0. The van der Waals surface area contributed by atoms with Crippen LogP contribution in [0.1, 0.15) is 13.8 Å². The molecule has 0 radical (unpaired) electrons. The van der Waals surface area contributed by atoms with E-state index in [1.54, 1.807) is 0 Å². The van der Waals surface area contributed by atoms with E-state index in [0.717, 1.165) is 0 Å². The molecule has 0 aliphatic heterocycles. The highest BCUT2D eigenvalue weighted by Crippen LogP contribution is 2.17. The van der Waals surface area contributed by atoms with Crippen LogP contribution in [0.5, 0.6) is 0 Å². The van der Waals surface area contributed by atoms with Gasteiger partial charge in [0.2, 0.25) is 0 Å². The smallest absolute Gasteiger partial charge is 0.0201 e. The summed E-state index contributed by atoms with van der Waals surface area (Å²) >= 11 is 1.86. The first-order valence-electron chi connectivity index (χ1n) is 3.11. The summed E-state index contributed by atoms with van der Waals surface area (Å²) in [5.74, 6) is 0. The Morgan fingerprint density at radius 1 is 1.11 bits per heavy atom. The molecule has 0 aliphatic rings. The van der Waals surface area contributed by atoms with Gasteiger partial charge < -0.3 is 0 Å². The van der Waals surface area contributed by atoms with Gasteiger partial charge >= 0.3 is 0 Å². The van der Waals surface area contributed by atoms with E-state index < -0.39 is 0 Å². The number of thioether (sulfide) groups is 1. The van der Waals surface area contributed by atoms with Crippen LogP contribution in [0.15, 0.2) is 25.3 Å². The van der Waals surface area contributed by atoms with Crippen LogP contribution in [-0.4, -0.2) is 10.5 Å². The third kappa shape index (κ3) is 4.34. The normalized spacial score (nSPS) is 16.2. The molecule has 9 heavy (non-hydrogen) atoms. The molecule has 0 amide bonds. The highest BCUT2D eigenvalue weighted by Gasteiger charge is 2.00. The highest BCUT2D eigenvalue weighted by atomic mass is 32.2. The molecular weight excluding hydrogens is 128 g/mol. The van der Waals surface area contributed by atoms with Crippen molar-refractivity contribution < 1.29 is 0 Å². The predicted molar refractivity (Wildman–Crippen MR) is 46.9 cm³/mol. The summed E-state index contributed by atoms with van der Waals surface area (Å²) < 4.78 is 0. The molecule has 0 aromatic rings. The van der Waals surface area contributed by atoms with E-state index in [-0.39, 0.29) is 0 Å². The van der Waals surface area contributed by atoms with Crippen molar-refractivity contribution in [3.8, 4) is 0 Å². The number of hydrogen-bond acceptors (Lipinski definition) is 1. The molecular formula is C8H14S. The van der Waals surface area contributed by atoms with Gasteiger partial charge in [-0.15, -0.1) is 24.9 Å². The highest BCUT2D eigenvalue weighted by molar-refractivity contribution is 8.00. The van der Waals surface area contributed by atoms with Crippen molar-refractivity contribution in [2.75, 3.05) is 0 Å². The number of hydrogen-bond donors (Lipinski definition) is 0. The van der Waals surface area contributed by atoms with Gasteiger partial charge in [0.25, 0.3) is 0 Å². The average Bonchev–Trinajstić information content (AvgIpc) is 1.87. The Bertz CT molecular complexity index is 84.7. The maximum atomic E-state index is 3.69. The van der Waals surface area contributed by atoms with E-state index in [9.17, 15) is 0 Å². The van der Waals surface area contributed by atoms with E-state index in [1.807, 2.05) is 23.9 Å². The lowest BCUT2D eigenvalue weighted by Crippen LogP contribution is -1.97. The number of rotatable bonds is 4. The van der Waals surface area contributed by atoms with Crippen molar-refractivity contribution >= 4 is 11.8 Å². The molecule has 1 heteroatoms. The molecule has 0 saturated heterocycles. The molecule has 0 aliphatic carbocycles. The van der Waals surface area contributed by atoms with E-state index in [1.165, 1.54) is 0 Å². The van der Waals surface area contributed by atoms with Crippen LogP contribution in [0.25, 0.3) is 0 Å². The van der Waals surface area contributed by atoms with E-state index in [4.69, 9.17) is 0 Å². The lowest BCUT2D eigenvalue weighted by Gasteiger charge is -2.08. The zero-order valence-electron chi connectivity index (χ0n) is 6.13. The fraction of sp³-hybridized carbons (Fsp3) is 0.500. The van der Waals surface area contributed by atoms with Crippen LogP contribution in [0, 0.1) is 0 Å². The first-order chi connectivity index (χ1) is 4.20. The van der Waals surface area contributed by atoms with Crippen LogP contribution in [-0.2, 0) is 0 Å². The molecule has 0 aromatic heterocycles. The second-order valence-electron chi connectivity index (χ2n) is 2.02. The molecule has 0 spiro atoms.